The first-order chi connectivity index (χ1) is 16.1. The van der Waals surface area contributed by atoms with Crippen molar-refractivity contribution in [3.8, 4) is 5.75 Å². The molecular formula is C28H40N2O3. The summed E-state index contributed by atoms with van der Waals surface area (Å²) >= 11 is 0. The van der Waals surface area contributed by atoms with Gasteiger partial charge in [-0.05, 0) is 51.9 Å². The van der Waals surface area contributed by atoms with Gasteiger partial charge in [-0.15, -0.1) is 0 Å². The van der Waals surface area contributed by atoms with Gasteiger partial charge in [-0.3, -0.25) is 9.78 Å². The third-order valence-electron chi connectivity index (χ3n) is 5.00. The molecule has 5 heteroatoms. The summed E-state index contributed by atoms with van der Waals surface area (Å²) in [7, 11) is 0. The molecule has 0 aliphatic carbocycles. The van der Waals surface area contributed by atoms with Crippen molar-refractivity contribution in [3.63, 3.8) is 0 Å². The van der Waals surface area contributed by atoms with Crippen LogP contribution in [0.5, 0.6) is 5.75 Å². The van der Waals surface area contributed by atoms with Crippen LogP contribution in [-0.2, 0) is 17.9 Å². The van der Waals surface area contributed by atoms with Crippen molar-refractivity contribution >= 4 is 5.91 Å². The van der Waals surface area contributed by atoms with Gasteiger partial charge in [-0.2, -0.15) is 0 Å². The molecule has 0 bridgehead atoms. The van der Waals surface area contributed by atoms with Gasteiger partial charge in [0.05, 0.1) is 12.3 Å². The summed E-state index contributed by atoms with van der Waals surface area (Å²) in [6, 6.07) is 0. The molecule has 1 aromatic rings. The van der Waals surface area contributed by atoms with Crippen LogP contribution in [0.1, 0.15) is 75.1 Å². The maximum absolute atomic E-state index is 12.1. The lowest BCUT2D eigenvalue weighted by Crippen LogP contribution is -2.23. The second-order valence-corrected chi connectivity index (χ2v) is 7.73. The maximum Gasteiger partial charge on any atom is 0.220 e. The Kier molecular flexibility index (Phi) is 15.9. The van der Waals surface area contributed by atoms with E-state index in [1.54, 1.807) is 6.92 Å². The molecule has 0 radical (unpaired) electrons. The molecule has 0 saturated carbocycles. The Balaban J connectivity index is 2.12. The quantitative estimate of drug-likeness (QED) is 0.208. The highest BCUT2D eigenvalue weighted by Crippen LogP contribution is 2.23. The summed E-state index contributed by atoms with van der Waals surface area (Å²) in [6.07, 6.45) is 30.2. The molecule has 0 atom stereocenters. The minimum atomic E-state index is -0.226. The number of pyridine rings is 1. The van der Waals surface area contributed by atoms with Crippen LogP contribution in [-0.4, -0.2) is 21.1 Å². The molecule has 180 valence electrons. The van der Waals surface area contributed by atoms with Crippen LogP contribution in [0.2, 0.25) is 0 Å². The predicted molar refractivity (Wildman–Crippen MR) is 137 cm³/mol. The Morgan fingerprint density at radius 3 is 2.03 bits per heavy atom. The van der Waals surface area contributed by atoms with E-state index in [1.165, 1.54) is 6.20 Å². The van der Waals surface area contributed by atoms with Crippen LogP contribution in [0.4, 0.5) is 0 Å². The van der Waals surface area contributed by atoms with Gasteiger partial charge in [0.25, 0.3) is 0 Å². The number of hydrogen-bond donors (Lipinski definition) is 3. The van der Waals surface area contributed by atoms with Crippen LogP contribution in [0, 0.1) is 6.92 Å². The summed E-state index contributed by atoms with van der Waals surface area (Å²) in [6.45, 7) is 3.79. The Bertz CT molecular complexity index is 836. The number of nitrogens with zero attached hydrogens (tertiary/aromatic N) is 1. The van der Waals surface area contributed by atoms with Crippen molar-refractivity contribution in [2.45, 2.75) is 78.4 Å². The second kappa shape index (κ2) is 18.6. The van der Waals surface area contributed by atoms with Crippen LogP contribution < -0.4 is 5.32 Å². The van der Waals surface area contributed by atoms with Gasteiger partial charge in [0.2, 0.25) is 5.91 Å². The number of aliphatic hydroxyl groups excluding tert-OH is 1. The Labute approximate surface area is 199 Å². The van der Waals surface area contributed by atoms with Gasteiger partial charge in [0, 0.05) is 30.3 Å². The molecule has 1 amide bonds. The molecule has 1 aromatic heterocycles. The molecule has 33 heavy (non-hydrogen) atoms. The highest BCUT2D eigenvalue weighted by Gasteiger charge is 2.12. The molecule has 1 rings (SSSR count). The fourth-order valence-electron chi connectivity index (χ4n) is 3.04. The summed E-state index contributed by atoms with van der Waals surface area (Å²) in [5.74, 6) is -0.0410. The van der Waals surface area contributed by atoms with E-state index in [-0.39, 0.29) is 24.8 Å². The lowest BCUT2D eigenvalue weighted by Gasteiger charge is -2.12. The number of allylic oxidation sites excluding steroid dienone is 10. The number of carbonyl (C=O) groups excluding carboxylic acids is 1. The van der Waals surface area contributed by atoms with Gasteiger partial charge in [-0.25, -0.2) is 0 Å². The molecule has 3 N–H and O–H groups in total. The van der Waals surface area contributed by atoms with Crippen LogP contribution >= 0.6 is 0 Å². The minimum absolute atomic E-state index is 0.0284. The highest BCUT2D eigenvalue weighted by atomic mass is 16.3. The average Bonchev–Trinajstić information content (AvgIpc) is 2.82. The molecule has 0 fully saturated rings. The first-order valence-electron chi connectivity index (χ1n) is 11.9. The van der Waals surface area contributed by atoms with E-state index in [1.807, 2.05) is 0 Å². The standard InChI is InChI=1S/C28H40N2O3/c1-3-4-5-6-7-8-9-10-11-12-13-14-15-16-17-18-19-20-27(32)30-22-26-25(23-31)21-29-24(2)28(26)33/h4-5,7-8,10-11,13-14,16-17,21,31,33H,3,6,9,12,15,18-20,22-23H2,1-2H3,(H,30,32). The monoisotopic (exact) mass is 452 g/mol. The van der Waals surface area contributed by atoms with Crippen molar-refractivity contribution in [3.05, 3.63) is 83.8 Å². The Morgan fingerprint density at radius 2 is 1.48 bits per heavy atom. The number of aryl methyl sites for hydroxylation is 1. The lowest BCUT2D eigenvalue weighted by atomic mass is 10.1. The van der Waals surface area contributed by atoms with Gasteiger partial charge >= 0.3 is 0 Å². The summed E-state index contributed by atoms with van der Waals surface area (Å²) in [5, 5.41) is 22.3. The number of hydrogen-bond acceptors (Lipinski definition) is 4. The molecule has 5 nitrogen and oxygen atoms in total. The van der Waals surface area contributed by atoms with E-state index in [0.717, 1.165) is 44.9 Å². The molecule has 0 aromatic carbocycles. The van der Waals surface area contributed by atoms with E-state index in [9.17, 15) is 15.0 Å². The molecule has 0 saturated heterocycles. The number of aromatic nitrogens is 1. The number of carbonyl (C=O) groups is 1. The van der Waals surface area contributed by atoms with Crippen LogP contribution in [0.15, 0.2) is 67.0 Å². The number of rotatable bonds is 16. The van der Waals surface area contributed by atoms with Crippen molar-refractivity contribution in [1.82, 2.24) is 10.3 Å². The minimum Gasteiger partial charge on any atom is -0.506 e. The molecule has 0 aliphatic rings. The van der Waals surface area contributed by atoms with Gasteiger partial charge in [0.15, 0.2) is 0 Å². The Morgan fingerprint density at radius 1 is 0.939 bits per heavy atom. The molecule has 0 unspecified atom stereocenters. The molecule has 0 aliphatic heterocycles. The first kappa shape index (κ1) is 28.1. The zero-order valence-electron chi connectivity index (χ0n) is 20.2. The van der Waals surface area contributed by atoms with Gasteiger partial charge < -0.3 is 15.5 Å². The largest absolute Gasteiger partial charge is 0.506 e. The SMILES string of the molecule is CCC=CCC=CCC=CCC=CCC=CCCCC(=O)NCc1c(CO)cnc(C)c1O. The fraction of sp³-hybridized carbons (Fsp3) is 0.429. The smallest absolute Gasteiger partial charge is 0.220 e. The topological polar surface area (TPSA) is 82.5 Å². The van der Waals surface area contributed by atoms with Crippen molar-refractivity contribution in [2.75, 3.05) is 0 Å². The van der Waals surface area contributed by atoms with Gasteiger partial charge in [0.1, 0.15) is 5.75 Å². The second-order valence-electron chi connectivity index (χ2n) is 7.73. The van der Waals surface area contributed by atoms with Crippen LogP contribution in [0.25, 0.3) is 0 Å². The normalized spacial score (nSPS) is 12.3. The molecule has 0 spiro atoms. The number of unbranched alkanes of at least 4 members (excludes halogenated alkanes) is 1. The number of nitrogens with one attached hydrogen (secondary N) is 1. The van der Waals surface area contributed by atoms with E-state index < -0.39 is 0 Å². The van der Waals surface area contributed by atoms with E-state index in [0.29, 0.717) is 23.2 Å². The van der Waals surface area contributed by atoms with Gasteiger partial charge in [-0.1, -0.05) is 67.7 Å². The highest BCUT2D eigenvalue weighted by molar-refractivity contribution is 5.76. The van der Waals surface area contributed by atoms with Crippen LogP contribution in [0.3, 0.4) is 0 Å². The number of aromatic hydroxyl groups is 1. The van der Waals surface area contributed by atoms with Crippen molar-refractivity contribution < 1.29 is 15.0 Å². The lowest BCUT2D eigenvalue weighted by molar-refractivity contribution is -0.121. The predicted octanol–water partition coefficient (Wildman–Crippen LogP) is 6.13. The average molecular weight is 453 g/mol. The summed E-state index contributed by atoms with van der Waals surface area (Å²) in [5.41, 5.74) is 1.53. The molecular weight excluding hydrogens is 412 g/mol. The third-order valence-corrected chi connectivity index (χ3v) is 5.00. The molecule has 1 heterocycles. The zero-order chi connectivity index (χ0) is 24.2. The number of aliphatic hydroxyl groups is 1. The fourth-order valence-corrected chi connectivity index (χ4v) is 3.04. The summed E-state index contributed by atoms with van der Waals surface area (Å²) < 4.78 is 0. The van der Waals surface area contributed by atoms with E-state index in [4.69, 9.17) is 0 Å². The number of amides is 1. The maximum atomic E-state index is 12.1. The third kappa shape index (κ3) is 13.3. The van der Waals surface area contributed by atoms with Crippen molar-refractivity contribution in [1.29, 1.82) is 0 Å². The van der Waals surface area contributed by atoms with Crippen molar-refractivity contribution in [2.24, 2.45) is 0 Å². The van der Waals surface area contributed by atoms with E-state index in [2.05, 4.69) is 78.0 Å². The summed E-state index contributed by atoms with van der Waals surface area (Å²) in [4.78, 5) is 16.1. The van der Waals surface area contributed by atoms with E-state index >= 15 is 0 Å². The zero-order valence-corrected chi connectivity index (χ0v) is 20.2. The first-order valence-corrected chi connectivity index (χ1v) is 11.9. The Hall–Kier alpha value is -2.92.